The van der Waals surface area contributed by atoms with Gasteiger partial charge in [0.2, 0.25) is 0 Å². The molecule has 1 aliphatic heterocycles. The zero-order valence-electron chi connectivity index (χ0n) is 9.02. The van der Waals surface area contributed by atoms with Gasteiger partial charge >= 0.3 is 5.97 Å². The summed E-state index contributed by atoms with van der Waals surface area (Å²) in [5.41, 5.74) is 2.36. The number of benzene rings is 1. The van der Waals surface area contributed by atoms with E-state index in [-0.39, 0.29) is 12.2 Å². The van der Waals surface area contributed by atoms with E-state index >= 15 is 0 Å². The fourth-order valence-electron chi connectivity index (χ4n) is 2.05. The number of phenolic OH excluding ortho intramolecular Hbond substituents is 1. The first kappa shape index (κ1) is 11.0. The number of carboxylic acid groups (broad SMARTS) is 1. The van der Waals surface area contributed by atoms with Gasteiger partial charge in [-0.1, -0.05) is 6.07 Å². The van der Waals surface area contributed by atoms with Crippen molar-refractivity contribution in [1.82, 2.24) is 4.90 Å². The SMILES string of the molecule is O=C(O)CCN1CCc2ccc(O)cc2C1. The summed E-state index contributed by atoms with van der Waals surface area (Å²) in [6.07, 6.45) is 1.10. The quantitative estimate of drug-likeness (QED) is 0.805. The molecule has 16 heavy (non-hydrogen) atoms. The van der Waals surface area contributed by atoms with Gasteiger partial charge in [0.1, 0.15) is 5.75 Å². The minimum Gasteiger partial charge on any atom is -0.508 e. The molecule has 0 saturated heterocycles. The first-order chi connectivity index (χ1) is 7.65. The Morgan fingerprint density at radius 1 is 1.38 bits per heavy atom. The van der Waals surface area contributed by atoms with Crippen molar-refractivity contribution < 1.29 is 15.0 Å². The molecule has 4 heteroatoms. The van der Waals surface area contributed by atoms with E-state index < -0.39 is 5.97 Å². The van der Waals surface area contributed by atoms with Gasteiger partial charge in [-0.25, -0.2) is 0 Å². The predicted octanol–water partition coefficient (Wildman–Crippen LogP) is 1.22. The van der Waals surface area contributed by atoms with Gasteiger partial charge in [0, 0.05) is 19.6 Å². The van der Waals surface area contributed by atoms with Crippen LogP contribution in [0.5, 0.6) is 5.75 Å². The fourth-order valence-corrected chi connectivity index (χ4v) is 2.05. The van der Waals surface area contributed by atoms with Gasteiger partial charge < -0.3 is 10.2 Å². The van der Waals surface area contributed by atoms with Crippen LogP contribution in [0, 0.1) is 0 Å². The van der Waals surface area contributed by atoms with Gasteiger partial charge in [-0.3, -0.25) is 9.69 Å². The zero-order valence-corrected chi connectivity index (χ0v) is 9.02. The van der Waals surface area contributed by atoms with Gasteiger partial charge in [-0.05, 0) is 29.7 Å². The van der Waals surface area contributed by atoms with Crippen molar-refractivity contribution in [2.24, 2.45) is 0 Å². The highest BCUT2D eigenvalue weighted by atomic mass is 16.4. The second-order valence-corrected chi connectivity index (χ2v) is 4.12. The Bertz CT molecular complexity index is 403. The summed E-state index contributed by atoms with van der Waals surface area (Å²) < 4.78 is 0. The molecule has 0 aliphatic carbocycles. The lowest BCUT2D eigenvalue weighted by Crippen LogP contribution is -2.32. The Morgan fingerprint density at radius 3 is 2.94 bits per heavy atom. The number of rotatable bonds is 3. The molecule has 2 rings (SSSR count). The lowest BCUT2D eigenvalue weighted by molar-refractivity contribution is -0.137. The third-order valence-electron chi connectivity index (χ3n) is 2.92. The van der Waals surface area contributed by atoms with Crippen LogP contribution in [0.15, 0.2) is 18.2 Å². The van der Waals surface area contributed by atoms with Crippen LogP contribution in [0.4, 0.5) is 0 Å². The monoisotopic (exact) mass is 221 g/mol. The van der Waals surface area contributed by atoms with E-state index in [1.807, 2.05) is 6.07 Å². The van der Waals surface area contributed by atoms with E-state index in [4.69, 9.17) is 5.11 Å². The van der Waals surface area contributed by atoms with Crippen molar-refractivity contribution in [2.45, 2.75) is 19.4 Å². The number of nitrogens with zero attached hydrogens (tertiary/aromatic N) is 1. The maximum Gasteiger partial charge on any atom is 0.304 e. The highest BCUT2D eigenvalue weighted by Crippen LogP contribution is 2.22. The van der Waals surface area contributed by atoms with Gasteiger partial charge in [-0.15, -0.1) is 0 Å². The maximum atomic E-state index is 10.5. The summed E-state index contributed by atoms with van der Waals surface area (Å²) >= 11 is 0. The topological polar surface area (TPSA) is 60.8 Å². The summed E-state index contributed by atoms with van der Waals surface area (Å²) in [4.78, 5) is 12.6. The summed E-state index contributed by atoms with van der Waals surface area (Å²) in [6.45, 7) is 2.20. The molecule has 0 atom stereocenters. The Hall–Kier alpha value is -1.55. The molecule has 0 saturated carbocycles. The molecule has 0 bridgehead atoms. The van der Waals surface area contributed by atoms with Gasteiger partial charge in [-0.2, -0.15) is 0 Å². The average Bonchev–Trinajstić information content (AvgIpc) is 2.25. The Morgan fingerprint density at radius 2 is 2.19 bits per heavy atom. The molecule has 2 N–H and O–H groups in total. The van der Waals surface area contributed by atoms with Crippen molar-refractivity contribution in [3.05, 3.63) is 29.3 Å². The molecule has 1 aromatic carbocycles. The smallest absolute Gasteiger partial charge is 0.304 e. The minimum absolute atomic E-state index is 0.175. The number of carbonyl (C=O) groups is 1. The highest BCUT2D eigenvalue weighted by molar-refractivity contribution is 5.66. The molecule has 86 valence electrons. The van der Waals surface area contributed by atoms with E-state index in [0.29, 0.717) is 6.54 Å². The van der Waals surface area contributed by atoms with E-state index in [2.05, 4.69) is 4.90 Å². The lowest BCUT2D eigenvalue weighted by atomic mass is 9.99. The van der Waals surface area contributed by atoms with Crippen molar-refractivity contribution >= 4 is 5.97 Å². The van der Waals surface area contributed by atoms with Gasteiger partial charge in [0.25, 0.3) is 0 Å². The molecule has 0 fully saturated rings. The molecule has 0 radical (unpaired) electrons. The molecular weight excluding hydrogens is 206 g/mol. The molecule has 0 amide bonds. The Kier molecular flexibility index (Phi) is 3.10. The van der Waals surface area contributed by atoms with E-state index in [0.717, 1.165) is 25.1 Å². The van der Waals surface area contributed by atoms with Crippen LogP contribution >= 0.6 is 0 Å². The molecular formula is C12H15NO3. The number of carboxylic acids is 1. The van der Waals surface area contributed by atoms with Crippen molar-refractivity contribution in [2.75, 3.05) is 13.1 Å². The summed E-state index contributed by atoms with van der Waals surface area (Å²) in [5, 5.41) is 18.0. The first-order valence-electron chi connectivity index (χ1n) is 5.40. The largest absolute Gasteiger partial charge is 0.508 e. The predicted molar refractivity (Wildman–Crippen MR) is 59.3 cm³/mol. The number of hydrogen-bond donors (Lipinski definition) is 2. The van der Waals surface area contributed by atoms with Crippen molar-refractivity contribution in [1.29, 1.82) is 0 Å². The van der Waals surface area contributed by atoms with Crippen LogP contribution in [0.2, 0.25) is 0 Å². The van der Waals surface area contributed by atoms with Crippen LogP contribution in [0.25, 0.3) is 0 Å². The van der Waals surface area contributed by atoms with Crippen molar-refractivity contribution in [3.8, 4) is 5.75 Å². The molecule has 0 aromatic heterocycles. The van der Waals surface area contributed by atoms with E-state index in [1.165, 1.54) is 5.56 Å². The molecule has 1 aromatic rings. The molecule has 0 unspecified atom stereocenters. The summed E-state index contributed by atoms with van der Waals surface area (Å²) in [6, 6.07) is 5.41. The zero-order chi connectivity index (χ0) is 11.5. The van der Waals surface area contributed by atoms with Crippen LogP contribution in [-0.4, -0.2) is 34.2 Å². The van der Waals surface area contributed by atoms with Crippen LogP contribution in [-0.2, 0) is 17.8 Å². The Balaban J connectivity index is 2.02. The number of fused-ring (bicyclic) bond motifs is 1. The third kappa shape index (κ3) is 2.52. The molecule has 4 nitrogen and oxygen atoms in total. The second kappa shape index (κ2) is 4.53. The average molecular weight is 221 g/mol. The molecule has 0 spiro atoms. The summed E-state index contributed by atoms with van der Waals surface area (Å²) in [5.74, 6) is -0.486. The van der Waals surface area contributed by atoms with Crippen LogP contribution in [0.1, 0.15) is 17.5 Å². The van der Waals surface area contributed by atoms with Gasteiger partial charge in [0.15, 0.2) is 0 Å². The number of aromatic hydroxyl groups is 1. The maximum absolute atomic E-state index is 10.5. The minimum atomic E-state index is -0.762. The van der Waals surface area contributed by atoms with Crippen LogP contribution < -0.4 is 0 Å². The second-order valence-electron chi connectivity index (χ2n) is 4.12. The van der Waals surface area contributed by atoms with Crippen LogP contribution in [0.3, 0.4) is 0 Å². The first-order valence-corrected chi connectivity index (χ1v) is 5.40. The third-order valence-corrected chi connectivity index (χ3v) is 2.92. The molecule has 1 heterocycles. The van der Waals surface area contributed by atoms with E-state index in [9.17, 15) is 9.90 Å². The molecule has 1 aliphatic rings. The standard InChI is InChI=1S/C12H15NO3/c14-11-2-1-9-3-5-13(6-4-12(15)16)8-10(9)7-11/h1-2,7,14H,3-6,8H2,(H,15,16). The van der Waals surface area contributed by atoms with Crippen molar-refractivity contribution in [3.63, 3.8) is 0 Å². The normalized spacial score (nSPS) is 15.8. The van der Waals surface area contributed by atoms with E-state index in [1.54, 1.807) is 12.1 Å². The highest BCUT2D eigenvalue weighted by Gasteiger charge is 2.16. The number of phenols is 1. The number of aliphatic carboxylic acids is 1. The number of hydrogen-bond acceptors (Lipinski definition) is 3. The fraction of sp³-hybridized carbons (Fsp3) is 0.417. The Labute approximate surface area is 94.1 Å². The lowest BCUT2D eigenvalue weighted by Gasteiger charge is -2.28. The summed E-state index contributed by atoms with van der Waals surface area (Å²) in [7, 11) is 0. The van der Waals surface area contributed by atoms with Gasteiger partial charge in [0.05, 0.1) is 6.42 Å².